The van der Waals surface area contributed by atoms with Crippen LogP contribution in [0.3, 0.4) is 0 Å². The molecule has 220 valence electrons. The van der Waals surface area contributed by atoms with Gasteiger partial charge in [-0.2, -0.15) is 0 Å². The number of nitrogens with one attached hydrogen (secondary N) is 1. The summed E-state index contributed by atoms with van der Waals surface area (Å²) in [5.41, 5.74) is 0.275. The van der Waals surface area contributed by atoms with Gasteiger partial charge < -0.3 is 9.84 Å². The van der Waals surface area contributed by atoms with E-state index in [1.165, 1.54) is 44.9 Å². The lowest BCUT2D eigenvalue weighted by Crippen LogP contribution is -2.56. The predicted molar refractivity (Wildman–Crippen MR) is 152 cm³/mol. The van der Waals surface area contributed by atoms with E-state index in [2.05, 4.69) is 32.4 Å². The molecule has 4 aliphatic carbocycles. The molecule has 0 aromatic heterocycles. The third-order valence-corrected chi connectivity index (χ3v) is 13.5. The summed E-state index contributed by atoms with van der Waals surface area (Å²) >= 11 is 0. The van der Waals surface area contributed by atoms with E-state index in [1.807, 2.05) is 20.8 Å². The van der Waals surface area contributed by atoms with Crippen LogP contribution in [0.15, 0.2) is 0 Å². The van der Waals surface area contributed by atoms with E-state index in [0.29, 0.717) is 28.6 Å². The number of hydrogen-bond acceptors (Lipinski definition) is 5. The highest BCUT2D eigenvalue weighted by molar-refractivity contribution is 7.90. The van der Waals surface area contributed by atoms with Crippen LogP contribution in [0.25, 0.3) is 0 Å². The van der Waals surface area contributed by atoms with Gasteiger partial charge in [0.15, 0.2) is 0 Å². The fraction of sp³-hybridized carbons (Fsp3) is 0.968. The largest absolute Gasteiger partial charge is 0.449 e. The van der Waals surface area contributed by atoms with Gasteiger partial charge in [0.05, 0.1) is 18.5 Å². The first-order valence-electron chi connectivity index (χ1n) is 15.4. The summed E-state index contributed by atoms with van der Waals surface area (Å²) in [5, 5.41) is 10.5. The number of amides is 1. The van der Waals surface area contributed by atoms with Crippen LogP contribution in [0.5, 0.6) is 0 Å². The Hall–Kier alpha value is -0.820. The molecule has 6 nitrogen and oxygen atoms in total. The van der Waals surface area contributed by atoms with Crippen molar-refractivity contribution in [2.45, 2.75) is 119 Å². The Bertz CT molecular complexity index is 960. The summed E-state index contributed by atoms with van der Waals surface area (Å²) in [6.45, 7) is 15.5. The Morgan fingerprint density at radius 1 is 1.03 bits per heavy atom. The summed E-state index contributed by atoms with van der Waals surface area (Å²) in [6, 6.07) is 0. The van der Waals surface area contributed by atoms with Crippen molar-refractivity contribution in [3.05, 3.63) is 0 Å². The molecule has 2 N–H and O–H groups in total. The summed E-state index contributed by atoms with van der Waals surface area (Å²) in [5.74, 6) is 4.68. The topological polar surface area (TPSA) is 92.7 Å². The number of fused-ring (bicyclic) bond motifs is 5. The minimum absolute atomic E-state index is 0.105. The van der Waals surface area contributed by atoms with Crippen LogP contribution in [0, 0.1) is 57.7 Å². The van der Waals surface area contributed by atoms with Gasteiger partial charge in [-0.25, -0.2) is 17.9 Å². The van der Waals surface area contributed by atoms with E-state index < -0.39 is 21.5 Å². The maximum atomic E-state index is 12.2. The Morgan fingerprint density at radius 3 is 2.34 bits per heavy atom. The minimum Gasteiger partial charge on any atom is -0.449 e. The van der Waals surface area contributed by atoms with Crippen molar-refractivity contribution in [1.29, 1.82) is 0 Å². The molecule has 0 bridgehead atoms. The zero-order chi connectivity index (χ0) is 28.1. The monoisotopic (exact) mass is 553 g/mol. The van der Waals surface area contributed by atoms with Crippen molar-refractivity contribution in [2.75, 3.05) is 12.4 Å². The van der Waals surface area contributed by atoms with Crippen LogP contribution in [0.2, 0.25) is 0 Å². The number of carbonyl (C=O) groups excluding carboxylic acids is 1. The molecule has 0 radical (unpaired) electrons. The van der Waals surface area contributed by atoms with Gasteiger partial charge in [0.25, 0.3) is 0 Å². The molecule has 1 amide bonds. The first-order chi connectivity index (χ1) is 17.6. The minimum atomic E-state index is -3.70. The van der Waals surface area contributed by atoms with Gasteiger partial charge in [0, 0.05) is 0 Å². The molecule has 10 atom stereocenters. The molecule has 0 aromatic carbocycles. The van der Waals surface area contributed by atoms with E-state index >= 15 is 0 Å². The molecule has 0 spiro atoms. The smallest absolute Gasteiger partial charge is 0.420 e. The normalized spacial score (nSPS) is 41.9. The van der Waals surface area contributed by atoms with Gasteiger partial charge in [0.2, 0.25) is 10.0 Å². The number of hydrogen-bond donors (Lipinski definition) is 2. The number of aliphatic hydroxyl groups is 1. The standard InChI is InChI=1S/C31H55NO5S/c1-8-21-17-23-25-10-9-24(20(2)13-16-37-28(34)32-38(35,36)19-29(3,4)5)30(25,6)15-12-26(23)31(7)14-11-22(33)18-27(21)31/h20-27,33H,8-19H2,1-7H3,(H,32,34)/t20-,21+,22-,23?,24?,25+,26+,27?,30-,31-/m1/s1. The van der Waals surface area contributed by atoms with Crippen LogP contribution in [0.1, 0.15) is 113 Å². The van der Waals surface area contributed by atoms with Gasteiger partial charge in [-0.3, -0.25) is 0 Å². The average molecular weight is 554 g/mol. The molecule has 38 heavy (non-hydrogen) atoms. The number of carbonyl (C=O) groups is 1. The van der Waals surface area contributed by atoms with E-state index in [0.717, 1.165) is 42.9 Å². The van der Waals surface area contributed by atoms with Crippen molar-refractivity contribution < 1.29 is 23.1 Å². The average Bonchev–Trinajstić information content (AvgIpc) is 3.14. The molecule has 4 aliphatic rings. The maximum absolute atomic E-state index is 12.2. The van der Waals surface area contributed by atoms with E-state index in [1.54, 1.807) is 0 Å². The van der Waals surface area contributed by atoms with Gasteiger partial charge in [-0.05, 0) is 115 Å². The second-order valence-corrected chi connectivity index (χ2v) is 17.1. The molecule has 4 rings (SSSR count). The number of rotatable bonds is 7. The fourth-order valence-corrected chi connectivity index (χ4v) is 11.7. The SMILES string of the molecule is CC[C@H]1CC2[C@H](CC[C@]3(C)C([C@H](C)CCOC(=O)NS(=O)(=O)CC(C)(C)C)CC[C@@H]23)[C@@]2(C)CC[C@@H](O)CC12. The van der Waals surface area contributed by atoms with E-state index in [4.69, 9.17) is 4.74 Å². The lowest BCUT2D eigenvalue weighted by atomic mass is 9.42. The molecular weight excluding hydrogens is 498 g/mol. The van der Waals surface area contributed by atoms with Crippen molar-refractivity contribution in [3.8, 4) is 0 Å². The summed E-state index contributed by atoms with van der Waals surface area (Å²) in [7, 11) is -3.70. The molecule has 4 saturated carbocycles. The van der Waals surface area contributed by atoms with Crippen LogP contribution >= 0.6 is 0 Å². The van der Waals surface area contributed by atoms with Crippen LogP contribution < -0.4 is 4.72 Å². The zero-order valence-electron chi connectivity index (χ0n) is 25.1. The predicted octanol–water partition coefficient (Wildman–Crippen LogP) is 6.77. The third kappa shape index (κ3) is 5.94. The molecule has 0 aromatic rings. The Kier molecular flexibility index (Phi) is 8.62. The first kappa shape index (κ1) is 30.1. The maximum Gasteiger partial charge on any atom is 0.420 e. The second kappa shape index (κ2) is 10.9. The zero-order valence-corrected chi connectivity index (χ0v) is 25.9. The molecule has 0 aliphatic heterocycles. The van der Waals surface area contributed by atoms with Crippen molar-refractivity contribution in [1.82, 2.24) is 4.72 Å². The van der Waals surface area contributed by atoms with Crippen LogP contribution in [-0.4, -0.2) is 38.1 Å². The quantitative estimate of drug-likeness (QED) is 0.363. The van der Waals surface area contributed by atoms with Gasteiger partial charge in [0.1, 0.15) is 0 Å². The highest BCUT2D eigenvalue weighted by Crippen LogP contribution is 2.69. The number of ether oxygens (including phenoxy) is 1. The molecule has 0 heterocycles. The van der Waals surface area contributed by atoms with Gasteiger partial charge >= 0.3 is 6.09 Å². The first-order valence-corrected chi connectivity index (χ1v) is 17.1. The number of aliphatic hydroxyl groups excluding tert-OH is 1. The van der Waals surface area contributed by atoms with Gasteiger partial charge in [-0.15, -0.1) is 0 Å². The van der Waals surface area contributed by atoms with Crippen molar-refractivity contribution >= 4 is 16.1 Å². The molecular formula is C31H55NO5S. The summed E-state index contributed by atoms with van der Waals surface area (Å²) in [6.07, 6.45) is 10.7. The van der Waals surface area contributed by atoms with Crippen LogP contribution in [-0.2, 0) is 14.8 Å². The lowest BCUT2D eigenvalue weighted by Gasteiger charge is -2.63. The Labute approximate surface area is 232 Å². The molecule has 4 fully saturated rings. The van der Waals surface area contributed by atoms with Crippen LogP contribution in [0.4, 0.5) is 4.79 Å². The highest BCUT2D eigenvalue weighted by Gasteiger charge is 2.62. The second-order valence-electron chi connectivity index (χ2n) is 15.4. The lowest BCUT2D eigenvalue weighted by molar-refractivity contribution is -0.152. The number of sulfonamides is 1. The Morgan fingerprint density at radius 2 is 1.68 bits per heavy atom. The van der Waals surface area contributed by atoms with E-state index in [-0.39, 0.29) is 18.5 Å². The fourth-order valence-electron chi connectivity index (χ4n) is 10.2. The molecule has 7 heteroatoms. The molecule has 3 unspecified atom stereocenters. The van der Waals surface area contributed by atoms with E-state index in [9.17, 15) is 18.3 Å². The summed E-state index contributed by atoms with van der Waals surface area (Å²) < 4.78 is 31.9. The third-order valence-electron chi connectivity index (χ3n) is 11.8. The van der Waals surface area contributed by atoms with Crippen molar-refractivity contribution in [2.24, 2.45) is 57.7 Å². The Balaban J connectivity index is 1.36. The van der Waals surface area contributed by atoms with Gasteiger partial charge in [-0.1, -0.05) is 54.9 Å². The highest BCUT2D eigenvalue weighted by atomic mass is 32.2. The summed E-state index contributed by atoms with van der Waals surface area (Å²) in [4.78, 5) is 12.2. The molecule has 0 saturated heterocycles. The van der Waals surface area contributed by atoms with Crippen molar-refractivity contribution in [3.63, 3.8) is 0 Å².